The van der Waals surface area contributed by atoms with Crippen molar-refractivity contribution >= 4 is 11.6 Å². The first-order valence-electron chi connectivity index (χ1n) is 8.55. The molecule has 0 unspecified atom stereocenters. The summed E-state index contributed by atoms with van der Waals surface area (Å²) in [5.41, 5.74) is 0.0740. The lowest BCUT2D eigenvalue weighted by atomic mass is 10.00. The summed E-state index contributed by atoms with van der Waals surface area (Å²) in [6, 6.07) is 3.80. The highest BCUT2D eigenvalue weighted by Crippen LogP contribution is 2.32. The van der Waals surface area contributed by atoms with Gasteiger partial charge in [0.1, 0.15) is 0 Å². The van der Waals surface area contributed by atoms with Gasteiger partial charge in [0.05, 0.1) is 12.1 Å². The Bertz CT molecular complexity index is 594. The zero-order chi connectivity index (χ0) is 18.6. The van der Waals surface area contributed by atoms with E-state index < -0.39 is 11.7 Å². The maximum atomic E-state index is 13.1. The maximum Gasteiger partial charge on any atom is 0.416 e. The van der Waals surface area contributed by atoms with E-state index in [9.17, 15) is 18.0 Å². The molecule has 0 atom stereocenters. The van der Waals surface area contributed by atoms with E-state index in [1.54, 1.807) is 6.07 Å². The third-order valence-electron chi connectivity index (χ3n) is 4.21. The molecule has 1 heterocycles. The van der Waals surface area contributed by atoms with E-state index >= 15 is 0 Å². The molecule has 1 aliphatic heterocycles. The van der Waals surface area contributed by atoms with Gasteiger partial charge in [0, 0.05) is 31.9 Å². The van der Waals surface area contributed by atoms with Crippen LogP contribution in [0.25, 0.3) is 0 Å². The molecule has 140 valence electrons. The lowest BCUT2D eigenvalue weighted by Gasteiger charge is -2.31. The normalized spacial score (nSPS) is 17.1. The van der Waals surface area contributed by atoms with Crippen LogP contribution >= 0.6 is 0 Å². The van der Waals surface area contributed by atoms with Gasteiger partial charge in [-0.15, -0.1) is 0 Å². The molecule has 0 spiro atoms. The standard InChI is InChI=1S/C18H26F3N3O/c1-13(2)8-14-9-15(18(19,20)21)11-16(10-14)22-17(25)12-24-6-4-23(3)5-7-24/h9-11,13H,4-8,12H2,1-3H3,(H,22,25). The van der Waals surface area contributed by atoms with Gasteiger partial charge in [0.25, 0.3) is 0 Å². The molecule has 1 aliphatic rings. The van der Waals surface area contributed by atoms with Gasteiger partial charge in [-0.2, -0.15) is 13.2 Å². The third kappa shape index (κ3) is 6.32. The molecule has 4 nitrogen and oxygen atoms in total. The van der Waals surface area contributed by atoms with Crippen molar-refractivity contribution in [3.8, 4) is 0 Å². The number of nitrogens with zero attached hydrogens (tertiary/aromatic N) is 2. The van der Waals surface area contributed by atoms with Crippen molar-refractivity contribution in [1.82, 2.24) is 9.80 Å². The number of hydrogen-bond acceptors (Lipinski definition) is 3. The van der Waals surface area contributed by atoms with E-state index in [-0.39, 0.29) is 24.1 Å². The fourth-order valence-electron chi connectivity index (χ4n) is 2.93. The number of benzene rings is 1. The van der Waals surface area contributed by atoms with Crippen LogP contribution in [0.15, 0.2) is 18.2 Å². The van der Waals surface area contributed by atoms with Gasteiger partial charge in [-0.05, 0) is 43.1 Å². The van der Waals surface area contributed by atoms with Crippen molar-refractivity contribution in [2.75, 3.05) is 45.1 Å². The molecule has 2 rings (SSSR count). The summed E-state index contributed by atoms with van der Waals surface area (Å²) in [4.78, 5) is 16.4. The molecule has 1 fully saturated rings. The number of carbonyl (C=O) groups is 1. The number of carbonyl (C=O) groups excluding carboxylic acids is 1. The number of amides is 1. The number of anilines is 1. The molecule has 0 aliphatic carbocycles. The van der Waals surface area contributed by atoms with Crippen molar-refractivity contribution < 1.29 is 18.0 Å². The van der Waals surface area contributed by atoms with Crippen LogP contribution in [0.4, 0.5) is 18.9 Å². The predicted octanol–water partition coefficient (Wildman–Crippen LogP) is 3.09. The zero-order valence-electron chi connectivity index (χ0n) is 15.0. The first-order chi connectivity index (χ1) is 11.6. The minimum Gasteiger partial charge on any atom is -0.325 e. The van der Waals surface area contributed by atoms with E-state index in [1.807, 2.05) is 25.8 Å². The maximum absolute atomic E-state index is 13.1. The predicted molar refractivity (Wildman–Crippen MR) is 92.6 cm³/mol. The van der Waals surface area contributed by atoms with Crippen molar-refractivity contribution in [3.63, 3.8) is 0 Å². The Hall–Kier alpha value is -1.60. The lowest BCUT2D eigenvalue weighted by Crippen LogP contribution is -2.47. The van der Waals surface area contributed by atoms with Gasteiger partial charge in [-0.1, -0.05) is 13.8 Å². The molecule has 1 saturated heterocycles. The van der Waals surface area contributed by atoms with Crippen LogP contribution in [0.1, 0.15) is 25.0 Å². The highest BCUT2D eigenvalue weighted by molar-refractivity contribution is 5.92. The van der Waals surface area contributed by atoms with E-state index in [0.29, 0.717) is 12.0 Å². The summed E-state index contributed by atoms with van der Waals surface area (Å²) in [6.07, 6.45) is -3.89. The highest BCUT2D eigenvalue weighted by atomic mass is 19.4. The van der Waals surface area contributed by atoms with Crippen molar-refractivity contribution in [2.24, 2.45) is 5.92 Å². The Morgan fingerprint density at radius 2 is 1.80 bits per heavy atom. The van der Waals surface area contributed by atoms with Gasteiger partial charge in [0.2, 0.25) is 5.91 Å². The van der Waals surface area contributed by atoms with E-state index in [4.69, 9.17) is 0 Å². The molecule has 0 aromatic heterocycles. The van der Waals surface area contributed by atoms with E-state index in [1.165, 1.54) is 0 Å². The summed E-state index contributed by atoms with van der Waals surface area (Å²) >= 11 is 0. The second kappa shape index (κ2) is 8.19. The van der Waals surface area contributed by atoms with Crippen molar-refractivity contribution in [3.05, 3.63) is 29.3 Å². The minimum atomic E-state index is -4.43. The average Bonchev–Trinajstić information content (AvgIpc) is 2.47. The molecule has 0 saturated carbocycles. The molecular weight excluding hydrogens is 331 g/mol. The second-order valence-electron chi connectivity index (χ2n) is 7.14. The Kier molecular flexibility index (Phi) is 6.46. The summed E-state index contributed by atoms with van der Waals surface area (Å²) in [5.74, 6) is -0.0447. The number of halogens is 3. The van der Waals surface area contributed by atoms with Gasteiger partial charge >= 0.3 is 6.18 Å². The Morgan fingerprint density at radius 1 is 1.16 bits per heavy atom. The lowest BCUT2D eigenvalue weighted by molar-refractivity contribution is -0.137. The van der Waals surface area contributed by atoms with Crippen LogP contribution in [0.2, 0.25) is 0 Å². The highest BCUT2D eigenvalue weighted by Gasteiger charge is 2.31. The van der Waals surface area contributed by atoms with Gasteiger partial charge in [-0.25, -0.2) is 0 Å². The number of piperazine rings is 1. The van der Waals surface area contributed by atoms with Crippen LogP contribution in [0.5, 0.6) is 0 Å². The second-order valence-corrected chi connectivity index (χ2v) is 7.14. The molecule has 7 heteroatoms. The summed E-state index contributed by atoms with van der Waals surface area (Å²) in [6.45, 7) is 7.43. The molecule has 25 heavy (non-hydrogen) atoms. The van der Waals surface area contributed by atoms with Crippen LogP contribution in [-0.2, 0) is 17.4 Å². The SMILES string of the molecule is CC(C)Cc1cc(NC(=O)CN2CCN(C)CC2)cc(C(F)(F)F)c1. The first kappa shape index (κ1) is 19.7. The average molecular weight is 357 g/mol. The smallest absolute Gasteiger partial charge is 0.325 e. The molecule has 0 bridgehead atoms. The van der Waals surface area contributed by atoms with Crippen LogP contribution in [0.3, 0.4) is 0 Å². The Morgan fingerprint density at radius 3 is 2.36 bits per heavy atom. The molecular formula is C18H26F3N3O. The molecule has 1 N–H and O–H groups in total. The third-order valence-corrected chi connectivity index (χ3v) is 4.21. The Balaban J connectivity index is 2.07. The monoisotopic (exact) mass is 357 g/mol. The zero-order valence-corrected chi connectivity index (χ0v) is 15.0. The minimum absolute atomic E-state index is 0.198. The van der Waals surface area contributed by atoms with Crippen LogP contribution in [-0.4, -0.2) is 55.5 Å². The molecule has 0 radical (unpaired) electrons. The number of nitrogens with one attached hydrogen (secondary N) is 1. The fraction of sp³-hybridized carbons (Fsp3) is 0.611. The topological polar surface area (TPSA) is 35.6 Å². The fourth-order valence-corrected chi connectivity index (χ4v) is 2.93. The number of likely N-dealkylation sites (N-methyl/N-ethyl adjacent to an activating group) is 1. The largest absolute Gasteiger partial charge is 0.416 e. The molecule has 1 aromatic carbocycles. The number of alkyl halides is 3. The van der Waals surface area contributed by atoms with Gasteiger partial charge in [0.15, 0.2) is 0 Å². The van der Waals surface area contributed by atoms with Gasteiger partial charge < -0.3 is 10.2 Å². The van der Waals surface area contributed by atoms with E-state index in [2.05, 4.69) is 10.2 Å². The summed E-state index contributed by atoms with van der Waals surface area (Å²) in [7, 11) is 2.02. The van der Waals surface area contributed by atoms with Crippen molar-refractivity contribution in [2.45, 2.75) is 26.4 Å². The van der Waals surface area contributed by atoms with Crippen LogP contribution in [0, 0.1) is 5.92 Å². The number of hydrogen-bond donors (Lipinski definition) is 1. The van der Waals surface area contributed by atoms with E-state index in [0.717, 1.165) is 38.3 Å². The molecule has 1 aromatic rings. The summed E-state index contributed by atoms with van der Waals surface area (Å²) < 4.78 is 39.3. The van der Waals surface area contributed by atoms with Crippen LogP contribution < -0.4 is 5.32 Å². The Labute approximate surface area is 147 Å². The van der Waals surface area contributed by atoms with Gasteiger partial charge in [-0.3, -0.25) is 9.69 Å². The number of rotatable bonds is 5. The molecule has 1 amide bonds. The van der Waals surface area contributed by atoms with Crippen molar-refractivity contribution in [1.29, 1.82) is 0 Å². The summed E-state index contributed by atoms with van der Waals surface area (Å²) in [5, 5.41) is 2.63. The first-order valence-corrected chi connectivity index (χ1v) is 8.55. The quantitative estimate of drug-likeness (QED) is 0.880.